The Balaban J connectivity index is 1.59. The van der Waals surface area contributed by atoms with E-state index in [1.165, 1.54) is 0 Å². The molecule has 23 heavy (non-hydrogen) atoms. The van der Waals surface area contributed by atoms with Crippen molar-refractivity contribution in [1.82, 2.24) is 20.4 Å². The molecule has 0 radical (unpaired) electrons. The van der Waals surface area contributed by atoms with Gasteiger partial charge in [-0.1, -0.05) is 46.8 Å². The van der Waals surface area contributed by atoms with E-state index in [1.807, 2.05) is 48.5 Å². The number of hydrogen-bond acceptors (Lipinski definition) is 3. The van der Waals surface area contributed by atoms with Crippen molar-refractivity contribution >= 4 is 38.6 Å². The molecule has 1 heterocycles. The number of halogens is 1. The molecule has 116 valence electrons. The lowest BCUT2D eigenvalue weighted by molar-refractivity contribution is -0.122. The monoisotopic (exact) mass is 370 g/mol. The Labute approximate surface area is 142 Å². The van der Waals surface area contributed by atoms with E-state index in [2.05, 4.69) is 38.3 Å². The average molecular weight is 371 g/mol. The van der Waals surface area contributed by atoms with E-state index in [0.29, 0.717) is 5.70 Å². The molecule has 3 rings (SSSR count). The molecule has 0 unspecified atom stereocenters. The lowest BCUT2D eigenvalue weighted by atomic mass is 10.2. The van der Waals surface area contributed by atoms with Crippen LogP contribution in [-0.4, -0.2) is 15.5 Å². The molecule has 3 aromatic rings. The van der Waals surface area contributed by atoms with Crippen molar-refractivity contribution in [1.29, 1.82) is 0 Å². The van der Waals surface area contributed by atoms with Gasteiger partial charge in [-0.2, -0.15) is 0 Å². The number of nitrogens with zero attached hydrogens (tertiary/aromatic N) is 2. The Hall–Kier alpha value is -2.60. The molecule has 2 aromatic carbocycles. The second kappa shape index (κ2) is 6.66. The molecule has 0 aliphatic carbocycles. The summed E-state index contributed by atoms with van der Waals surface area (Å²) in [7, 11) is 0. The van der Waals surface area contributed by atoms with Crippen molar-refractivity contribution in [2.24, 2.45) is 0 Å². The molecule has 5 nitrogen and oxygen atoms in total. The summed E-state index contributed by atoms with van der Waals surface area (Å²) >= 11 is 3.38. The summed E-state index contributed by atoms with van der Waals surface area (Å²) in [5.74, 6) is -0.175. The van der Waals surface area contributed by atoms with Gasteiger partial charge in [-0.3, -0.25) is 15.6 Å². The first-order chi connectivity index (χ1) is 11.1. The minimum absolute atomic E-state index is 0.175. The minimum atomic E-state index is -0.175. The Morgan fingerprint density at radius 2 is 1.87 bits per heavy atom. The number of nitrogens with one attached hydrogen (secondary N) is 2. The van der Waals surface area contributed by atoms with E-state index in [0.717, 1.165) is 21.1 Å². The number of aromatic nitrogens is 2. The summed E-state index contributed by atoms with van der Waals surface area (Å²) in [6.45, 7) is 4.09. The van der Waals surface area contributed by atoms with Crippen LogP contribution in [0.4, 0.5) is 0 Å². The summed E-state index contributed by atoms with van der Waals surface area (Å²) in [4.78, 5) is 16.3. The maximum Gasteiger partial charge on any atom is 0.258 e. The number of carbonyl (C=O) groups excluding carboxylic acids is 1. The van der Waals surface area contributed by atoms with E-state index in [-0.39, 0.29) is 12.5 Å². The predicted molar refractivity (Wildman–Crippen MR) is 94.2 cm³/mol. The molecule has 0 bridgehead atoms. The summed E-state index contributed by atoms with van der Waals surface area (Å²) in [5, 5.41) is 0. The van der Waals surface area contributed by atoms with Gasteiger partial charge in [0.15, 0.2) is 0 Å². The zero-order valence-electron chi connectivity index (χ0n) is 12.3. The summed E-state index contributed by atoms with van der Waals surface area (Å²) in [5.41, 5.74) is 8.81. The Kier molecular flexibility index (Phi) is 4.43. The highest BCUT2D eigenvalue weighted by Gasteiger charge is 2.07. The van der Waals surface area contributed by atoms with E-state index >= 15 is 0 Å². The largest absolute Gasteiger partial charge is 0.321 e. The molecule has 1 amide bonds. The lowest BCUT2D eigenvalue weighted by Crippen LogP contribution is -2.37. The standard InChI is InChI=1S/C17H15BrN4O/c1-12(13-6-8-14(18)9-7-13)20-21-17(23)10-22-11-19-15-4-2-3-5-16(15)22/h2-9,11,20H,1,10H2,(H,21,23). The van der Waals surface area contributed by atoms with Crippen LogP contribution in [0.2, 0.25) is 0 Å². The fourth-order valence-electron chi connectivity index (χ4n) is 2.20. The number of hydrazine groups is 1. The Morgan fingerprint density at radius 3 is 2.65 bits per heavy atom. The number of hydrogen-bond donors (Lipinski definition) is 2. The summed E-state index contributed by atoms with van der Waals surface area (Å²) < 4.78 is 2.79. The highest BCUT2D eigenvalue weighted by atomic mass is 79.9. The van der Waals surface area contributed by atoms with E-state index in [9.17, 15) is 4.79 Å². The second-order valence-corrected chi connectivity index (χ2v) is 5.94. The molecule has 0 aliphatic heterocycles. The van der Waals surface area contributed by atoms with E-state index < -0.39 is 0 Å². The lowest BCUT2D eigenvalue weighted by Gasteiger charge is -2.12. The molecule has 0 saturated heterocycles. The fourth-order valence-corrected chi connectivity index (χ4v) is 2.46. The van der Waals surface area contributed by atoms with Crippen LogP contribution < -0.4 is 10.9 Å². The Bertz CT molecular complexity index is 854. The first kappa shape index (κ1) is 15.3. The molecule has 2 N–H and O–H groups in total. The van der Waals surface area contributed by atoms with Gasteiger partial charge < -0.3 is 4.57 Å². The molecule has 0 fully saturated rings. The smallest absolute Gasteiger partial charge is 0.258 e. The second-order valence-electron chi connectivity index (χ2n) is 5.02. The van der Waals surface area contributed by atoms with Crippen LogP contribution >= 0.6 is 15.9 Å². The molecule has 1 aromatic heterocycles. The molecule has 0 atom stereocenters. The highest BCUT2D eigenvalue weighted by Crippen LogP contribution is 2.14. The summed E-state index contributed by atoms with van der Waals surface area (Å²) in [6, 6.07) is 15.4. The number of benzene rings is 2. The van der Waals surface area contributed by atoms with Crippen LogP contribution in [0.5, 0.6) is 0 Å². The third-order valence-corrected chi connectivity index (χ3v) is 3.92. The van der Waals surface area contributed by atoms with Crippen LogP contribution in [0.1, 0.15) is 5.56 Å². The van der Waals surface area contributed by atoms with Gasteiger partial charge >= 0.3 is 0 Å². The van der Waals surface area contributed by atoms with Gasteiger partial charge in [-0.15, -0.1) is 0 Å². The number of rotatable bonds is 5. The number of para-hydroxylation sites is 2. The zero-order chi connectivity index (χ0) is 16.2. The SMILES string of the molecule is C=C(NNC(=O)Cn1cnc2ccccc21)c1ccc(Br)cc1. The van der Waals surface area contributed by atoms with Crippen molar-refractivity contribution in [2.45, 2.75) is 6.54 Å². The van der Waals surface area contributed by atoms with Gasteiger partial charge in [0, 0.05) is 4.47 Å². The third kappa shape index (κ3) is 3.60. The minimum Gasteiger partial charge on any atom is -0.321 e. The average Bonchev–Trinajstić information content (AvgIpc) is 2.96. The molecular formula is C17H15BrN4O. The topological polar surface area (TPSA) is 58.9 Å². The molecule has 6 heteroatoms. The van der Waals surface area contributed by atoms with E-state index in [1.54, 1.807) is 10.9 Å². The number of amides is 1. The van der Waals surface area contributed by atoms with Crippen LogP contribution in [-0.2, 0) is 11.3 Å². The van der Waals surface area contributed by atoms with Crippen LogP contribution in [0.3, 0.4) is 0 Å². The zero-order valence-corrected chi connectivity index (χ0v) is 13.9. The van der Waals surface area contributed by atoms with Crippen molar-refractivity contribution in [2.75, 3.05) is 0 Å². The first-order valence-electron chi connectivity index (χ1n) is 7.03. The van der Waals surface area contributed by atoms with Crippen molar-refractivity contribution in [3.63, 3.8) is 0 Å². The first-order valence-corrected chi connectivity index (χ1v) is 7.82. The molecular weight excluding hydrogens is 356 g/mol. The van der Waals surface area contributed by atoms with Crippen molar-refractivity contribution in [3.05, 3.63) is 71.5 Å². The maximum atomic E-state index is 12.1. The van der Waals surface area contributed by atoms with Gasteiger partial charge in [0.2, 0.25) is 0 Å². The van der Waals surface area contributed by atoms with Crippen LogP contribution in [0, 0.1) is 0 Å². The van der Waals surface area contributed by atoms with Crippen molar-refractivity contribution < 1.29 is 4.79 Å². The highest BCUT2D eigenvalue weighted by molar-refractivity contribution is 9.10. The molecule has 0 spiro atoms. The Morgan fingerprint density at radius 1 is 1.13 bits per heavy atom. The number of fused-ring (bicyclic) bond motifs is 1. The predicted octanol–water partition coefficient (Wildman–Crippen LogP) is 3.09. The van der Waals surface area contributed by atoms with Gasteiger partial charge in [-0.25, -0.2) is 4.98 Å². The maximum absolute atomic E-state index is 12.1. The third-order valence-electron chi connectivity index (χ3n) is 3.39. The van der Waals surface area contributed by atoms with Crippen LogP contribution in [0.25, 0.3) is 16.7 Å². The van der Waals surface area contributed by atoms with E-state index in [4.69, 9.17) is 0 Å². The molecule has 0 aliphatic rings. The quantitative estimate of drug-likeness (QED) is 0.678. The van der Waals surface area contributed by atoms with Gasteiger partial charge in [-0.05, 0) is 29.8 Å². The molecule has 0 saturated carbocycles. The van der Waals surface area contributed by atoms with Gasteiger partial charge in [0.05, 0.1) is 23.1 Å². The van der Waals surface area contributed by atoms with Gasteiger partial charge in [0.25, 0.3) is 5.91 Å². The number of imidazole rings is 1. The normalized spacial score (nSPS) is 10.5. The fraction of sp³-hybridized carbons (Fsp3) is 0.0588. The van der Waals surface area contributed by atoms with Gasteiger partial charge in [0.1, 0.15) is 6.54 Å². The van der Waals surface area contributed by atoms with Crippen molar-refractivity contribution in [3.8, 4) is 0 Å². The number of carbonyl (C=O) groups is 1. The summed E-state index contributed by atoms with van der Waals surface area (Å²) in [6.07, 6.45) is 1.66. The van der Waals surface area contributed by atoms with Crippen LogP contribution in [0.15, 0.2) is 65.9 Å².